The van der Waals surface area contributed by atoms with Gasteiger partial charge >= 0.3 is 0 Å². The van der Waals surface area contributed by atoms with Crippen molar-refractivity contribution >= 4 is 0 Å². The molecule has 53 valence electrons. The fourth-order valence-electron chi connectivity index (χ4n) is 0.912. The molecular weight excluding hydrogens is 122 g/mol. The Bertz CT molecular complexity index is 186. The Morgan fingerprint density at radius 1 is 1.30 bits per heavy atom. The lowest BCUT2D eigenvalue weighted by molar-refractivity contribution is 1.06. The third-order valence-electron chi connectivity index (χ3n) is 1.52. The molecule has 0 aliphatic heterocycles. The summed E-state index contributed by atoms with van der Waals surface area (Å²) in [4.78, 5) is 0. The predicted molar refractivity (Wildman–Crippen MR) is 43.4 cm³/mol. The van der Waals surface area contributed by atoms with Crippen molar-refractivity contribution in [3.8, 4) is 0 Å². The van der Waals surface area contributed by atoms with E-state index in [0.29, 0.717) is 6.54 Å². The van der Waals surface area contributed by atoms with Crippen LogP contribution in [-0.4, -0.2) is 0 Å². The largest absolute Gasteiger partial charge is 0.326 e. The summed E-state index contributed by atoms with van der Waals surface area (Å²) in [5.41, 5.74) is 7.89. The Hall–Kier alpha value is -0.820. The highest BCUT2D eigenvalue weighted by Crippen LogP contribution is 2.03. The van der Waals surface area contributed by atoms with E-state index in [1.54, 1.807) is 0 Å². The highest BCUT2D eigenvalue weighted by atomic mass is 14.5. The Kier molecular flexibility index (Phi) is 2.46. The van der Waals surface area contributed by atoms with Gasteiger partial charge in [-0.3, -0.25) is 0 Å². The van der Waals surface area contributed by atoms with Crippen LogP contribution >= 0.6 is 0 Å². The maximum absolute atomic E-state index is 5.45. The van der Waals surface area contributed by atoms with Gasteiger partial charge in [0.1, 0.15) is 0 Å². The van der Waals surface area contributed by atoms with Crippen molar-refractivity contribution in [2.24, 2.45) is 5.73 Å². The van der Waals surface area contributed by atoms with Crippen molar-refractivity contribution in [3.05, 3.63) is 42.3 Å². The molecule has 0 fully saturated rings. The third-order valence-corrected chi connectivity index (χ3v) is 1.52. The number of benzene rings is 1. The smallest absolute Gasteiger partial charge is 0.0178 e. The lowest BCUT2D eigenvalue weighted by Gasteiger charge is -1.98. The molecule has 1 aromatic rings. The normalized spacial score (nSPS) is 9.80. The monoisotopic (exact) mass is 134 g/mol. The fraction of sp³-hybridized carbons (Fsp3) is 0.222. The van der Waals surface area contributed by atoms with E-state index in [1.165, 1.54) is 11.1 Å². The van der Waals surface area contributed by atoms with Gasteiger partial charge in [0.2, 0.25) is 0 Å². The molecule has 0 aliphatic carbocycles. The summed E-state index contributed by atoms with van der Waals surface area (Å²) in [5.74, 6) is 0. The first-order chi connectivity index (χ1) is 4.86. The molecule has 1 rings (SSSR count). The standard InChI is InChI=1S/C9H12N/c1-2-8-4-3-5-9(6-8)7-10/h3-6H,1-2,7,10H2. The van der Waals surface area contributed by atoms with Crippen LogP contribution in [-0.2, 0) is 13.0 Å². The summed E-state index contributed by atoms with van der Waals surface area (Å²) in [5, 5.41) is 0. The maximum Gasteiger partial charge on any atom is 0.0178 e. The molecule has 0 saturated carbocycles. The molecule has 1 nitrogen and oxygen atoms in total. The van der Waals surface area contributed by atoms with Crippen molar-refractivity contribution < 1.29 is 0 Å². The summed E-state index contributed by atoms with van der Waals surface area (Å²) >= 11 is 0. The van der Waals surface area contributed by atoms with Crippen molar-refractivity contribution in [2.75, 3.05) is 0 Å². The first kappa shape index (κ1) is 7.29. The topological polar surface area (TPSA) is 26.0 Å². The second-order valence-electron chi connectivity index (χ2n) is 2.27. The molecule has 0 heterocycles. The molecule has 0 atom stereocenters. The highest BCUT2D eigenvalue weighted by Gasteiger charge is 1.89. The summed E-state index contributed by atoms with van der Waals surface area (Å²) in [6.07, 6.45) is 0.841. The number of hydrogen-bond acceptors (Lipinski definition) is 1. The minimum absolute atomic E-state index is 0.619. The van der Waals surface area contributed by atoms with Crippen LogP contribution in [0.1, 0.15) is 11.1 Å². The second-order valence-corrected chi connectivity index (χ2v) is 2.27. The van der Waals surface area contributed by atoms with Crippen LogP contribution in [0.15, 0.2) is 24.3 Å². The van der Waals surface area contributed by atoms with E-state index < -0.39 is 0 Å². The molecule has 10 heavy (non-hydrogen) atoms. The Balaban J connectivity index is 2.87. The van der Waals surface area contributed by atoms with Gasteiger partial charge in [-0.05, 0) is 24.5 Å². The molecule has 0 bridgehead atoms. The van der Waals surface area contributed by atoms with Gasteiger partial charge in [-0.1, -0.05) is 24.3 Å². The summed E-state index contributed by atoms with van der Waals surface area (Å²) < 4.78 is 0. The van der Waals surface area contributed by atoms with Crippen molar-refractivity contribution in [1.82, 2.24) is 0 Å². The molecule has 2 N–H and O–H groups in total. The van der Waals surface area contributed by atoms with Crippen LogP contribution in [0, 0.1) is 6.92 Å². The van der Waals surface area contributed by atoms with Crippen LogP contribution in [0.5, 0.6) is 0 Å². The maximum atomic E-state index is 5.45. The van der Waals surface area contributed by atoms with E-state index in [0.717, 1.165) is 6.42 Å². The van der Waals surface area contributed by atoms with E-state index in [-0.39, 0.29) is 0 Å². The van der Waals surface area contributed by atoms with Gasteiger partial charge in [-0.25, -0.2) is 0 Å². The SMILES string of the molecule is [CH2]Cc1cccc(CN)c1. The zero-order valence-corrected chi connectivity index (χ0v) is 6.01. The van der Waals surface area contributed by atoms with Crippen molar-refractivity contribution in [3.63, 3.8) is 0 Å². The van der Waals surface area contributed by atoms with Gasteiger partial charge in [0, 0.05) is 6.54 Å². The average molecular weight is 134 g/mol. The Morgan fingerprint density at radius 2 is 2.00 bits per heavy atom. The highest BCUT2D eigenvalue weighted by molar-refractivity contribution is 5.23. The molecule has 0 aliphatic rings. The quantitative estimate of drug-likeness (QED) is 0.652. The van der Waals surface area contributed by atoms with Gasteiger partial charge in [-0.15, -0.1) is 0 Å². The summed E-state index contributed by atoms with van der Waals surface area (Å²) in [6, 6.07) is 8.20. The molecule has 1 aromatic carbocycles. The zero-order valence-electron chi connectivity index (χ0n) is 6.01. The fourth-order valence-corrected chi connectivity index (χ4v) is 0.912. The molecule has 1 heteroatoms. The molecule has 0 aromatic heterocycles. The van der Waals surface area contributed by atoms with E-state index in [2.05, 4.69) is 19.1 Å². The Morgan fingerprint density at radius 3 is 2.60 bits per heavy atom. The zero-order chi connectivity index (χ0) is 7.40. The van der Waals surface area contributed by atoms with Crippen molar-refractivity contribution in [1.29, 1.82) is 0 Å². The minimum atomic E-state index is 0.619. The number of nitrogens with two attached hydrogens (primary N) is 1. The minimum Gasteiger partial charge on any atom is -0.326 e. The number of hydrogen-bond donors (Lipinski definition) is 1. The van der Waals surface area contributed by atoms with Gasteiger partial charge < -0.3 is 5.73 Å². The second kappa shape index (κ2) is 3.37. The van der Waals surface area contributed by atoms with E-state index in [4.69, 9.17) is 5.73 Å². The van der Waals surface area contributed by atoms with Crippen LogP contribution in [0.4, 0.5) is 0 Å². The number of rotatable bonds is 2. The van der Waals surface area contributed by atoms with Gasteiger partial charge in [0.05, 0.1) is 0 Å². The molecule has 0 saturated heterocycles. The lowest BCUT2D eigenvalue weighted by Crippen LogP contribution is -1.96. The van der Waals surface area contributed by atoms with Crippen LogP contribution in [0.3, 0.4) is 0 Å². The third kappa shape index (κ3) is 1.58. The summed E-state index contributed by atoms with van der Waals surface area (Å²) in [7, 11) is 0. The first-order valence-corrected chi connectivity index (χ1v) is 3.44. The van der Waals surface area contributed by atoms with Crippen molar-refractivity contribution in [2.45, 2.75) is 13.0 Å². The average Bonchev–Trinajstić information content (AvgIpc) is 2.05. The molecule has 0 amide bonds. The first-order valence-electron chi connectivity index (χ1n) is 3.44. The van der Waals surface area contributed by atoms with Gasteiger partial charge in [0.15, 0.2) is 0 Å². The van der Waals surface area contributed by atoms with Gasteiger partial charge in [-0.2, -0.15) is 0 Å². The Labute approximate surface area is 61.9 Å². The van der Waals surface area contributed by atoms with Crippen LogP contribution < -0.4 is 5.73 Å². The van der Waals surface area contributed by atoms with Crippen LogP contribution in [0.2, 0.25) is 0 Å². The van der Waals surface area contributed by atoms with E-state index in [1.807, 2.05) is 12.1 Å². The molecule has 1 radical (unpaired) electrons. The van der Waals surface area contributed by atoms with E-state index >= 15 is 0 Å². The lowest BCUT2D eigenvalue weighted by atomic mass is 10.1. The van der Waals surface area contributed by atoms with Crippen LogP contribution in [0.25, 0.3) is 0 Å². The predicted octanol–water partition coefficient (Wildman–Crippen LogP) is 1.52. The van der Waals surface area contributed by atoms with Gasteiger partial charge in [0.25, 0.3) is 0 Å². The summed E-state index contributed by atoms with van der Waals surface area (Å²) in [6.45, 7) is 4.41. The molecule has 0 spiro atoms. The molecule has 0 unspecified atom stereocenters. The van der Waals surface area contributed by atoms with E-state index in [9.17, 15) is 0 Å². The molecular formula is C9H12N.